The van der Waals surface area contributed by atoms with E-state index in [-0.39, 0.29) is 34.5 Å². The summed E-state index contributed by atoms with van der Waals surface area (Å²) < 4.78 is 24.3. The Kier molecular flexibility index (Phi) is 12.5. The van der Waals surface area contributed by atoms with Crippen molar-refractivity contribution in [3.63, 3.8) is 0 Å². The molecule has 6 fully saturated rings. The highest BCUT2D eigenvalue weighted by Crippen LogP contribution is 2.71. The first-order valence-electron chi connectivity index (χ1n) is 20.1. The molecule has 6 rings (SSSR count). The van der Waals surface area contributed by atoms with Gasteiger partial charge < -0.3 is 64.9 Å². The molecule has 13 unspecified atom stereocenters. The molecule has 53 heavy (non-hydrogen) atoms. The van der Waals surface area contributed by atoms with Crippen LogP contribution >= 0.6 is 0 Å². The van der Waals surface area contributed by atoms with Gasteiger partial charge in [-0.2, -0.15) is 0 Å². The van der Waals surface area contributed by atoms with Gasteiger partial charge in [-0.05, 0) is 117 Å². The third-order valence-electron chi connectivity index (χ3n) is 15.3. The molecule has 0 spiro atoms. The molecule has 2 saturated heterocycles. The first kappa shape index (κ1) is 41.8. The molecule has 4 aliphatic carbocycles. The minimum Gasteiger partial charge on any atom is -0.394 e. The highest BCUT2D eigenvalue weighted by atomic mass is 16.8. The highest BCUT2D eigenvalue weighted by molar-refractivity contribution is 5.16. The Hall–Kier alpha value is -0.780. The lowest BCUT2D eigenvalue weighted by atomic mass is 9.38. The summed E-state index contributed by atoms with van der Waals surface area (Å²) in [6.45, 7) is 12.1. The molecule has 0 aromatic carbocycles. The summed E-state index contributed by atoms with van der Waals surface area (Å²) in [6, 6.07) is 0. The summed E-state index contributed by atoms with van der Waals surface area (Å²) in [5.74, 6) is 1.02. The molecule has 20 atom stereocenters. The minimum absolute atomic E-state index is 0.0265. The van der Waals surface area contributed by atoms with Gasteiger partial charge in [0, 0.05) is 0 Å². The summed E-state index contributed by atoms with van der Waals surface area (Å²) in [4.78, 5) is 0. The molecule has 0 radical (unpaired) electrons. The van der Waals surface area contributed by atoms with E-state index in [2.05, 4.69) is 47.6 Å². The number of ether oxygens (including phenoxy) is 4. The van der Waals surface area contributed by atoms with E-state index in [0.29, 0.717) is 18.8 Å². The molecule has 13 nitrogen and oxygen atoms in total. The van der Waals surface area contributed by atoms with Crippen LogP contribution in [0.1, 0.15) is 99.3 Å². The van der Waals surface area contributed by atoms with Crippen LogP contribution in [0.15, 0.2) is 11.6 Å². The Labute approximate surface area is 314 Å². The Bertz CT molecular complexity index is 1270. The van der Waals surface area contributed by atoms with Gasteiger partial charge in [-0.3, -0.25) is 0 Å². The summed E-state index contributed by atoms with van der Waals surface area (Å²) >= 11 is 0. The van der Waals surface area contributed by atoms with Crippen LogP contribution in [-0.4, -0.2) is 139 Å². The highest BCUT2D eigenvalue weighted by Gasteiger charge is 2.67. The van der Waals surface area contributed by atoms with Crippen LogP contribution in [-0.2, 0) is 18.9 Å². The number of fused-ring (bicyclic) bond motifs is 5. The van der Waals surface area contributed by atoms with Gasteiger partial charge in [0.25, 0.3) is 0 Å². The van der Waals surface area contributed by atoms with Crippen molar-refractivity contribution in [1.82, 2.24) is 0 Å². The van der Waals surface area contributed by atoms with Gasteiger partial charge >= 0.3 is 0 Å². The smallest absolute Gasteiger partial charge is 0.187 e. The molecule has 2 heterocycles. The molecular weight excluding hydrogens is 688 g/mol. The van der Waals surface area contributed by atoms with Crippen molar-refractivity contribution in [2.75, 3.05) is 13.2 Å². The molecule has 306 valence electrons. The summed E-state index contributed by atoms with van der Waals surface area (Å²) in [5.41, 5.74) is 0.757. The molecule has 13 heteroatoms. The maximum atomic E-state index is 11.9. The van der Waals surface area contributed by atoms with E-state index >= 15 is 0 Å². The lowest BCUT2D eigenvalue weighted by Crippen LogP contribution is -2.66. The minimum atomic E-state index is -1.75. The Morgan fingerprint density at radius 3 is 2.00 bits per heavy atom. The first-order chi connectivity index (χ1) is 24.9. The fourth-order valence-electron chi connectivity index (χ4n) is 12.6. The second-order valence-corrected chi connectivity index (χ2v) is 18.8. The largest absolute Gasteiger partial charge is 0.394 e. The monoisotopic (exact) mass is 756 g/mol. The second kappa shape index (κ2) is 15.9. The lowest BCUT2D eigenvalue weighted by molar-refractivity contribution is -0.378. The van der Waals surface area contributed by atoms with Crippen molar-refractivity contribution >= 4 is 0 Å². The summed E-state index contributed by atoms with van der Waals surface area (Å²) in [5, 5.41) is 96.3. The number of hydrogen-bond donors (Lipinski definition) is 9. The molecule has 0 aromatic heterocycles. The van der Waals surface area contributed by atoms with Crippen LogP contribution in [0, 0.1) is 45.8 Å². The Morgan fingerprint density at radius 2 is 1.36 bits per heavy atom. The van der Waals surface area contributed by atoms with E-state index in [4.69, 9.17) is 18.9 Å². The molecular formula is C40H68O13. The van der Waals surface area contributed by atoms with Crippen molar-refractivity contribution in [3.05, 3.63) is 11.6 Å². The number of aliphatic hydroxyl groups is 9. The van der Waals surface area contributed by atoms with Crippen LogP contribution in [0.4, 0.5) is 0 Å². The van der Waals surface area contributed by atoms with E-state index < -0.39 is 98.4 Å². The zero-order valence-corrected chi connectivity index (χ0v) is 32.4. The number of rotatable bonds is 10. The number of hydrogen-bond acceptors (Lipinski definition) is 13. The normalized spacial score (nSPS) is 51.5. The zero-order valence-electron chi connectivity index (χ0n) is 32.4. The maximum absolute atomic E-state index is 11.9. The van der Waals surface area contributed by atoms with Crippen molar-refractivity contribution in [1.29, 1.82) is 0 Å². The molecule has 2 aliphatic heterocycles. The summed E-state index contributed by atoms with van der Waals surface area (Å²) in [7, 11) is 0. The van der Waals surface area contributed by atoms with E-state index in [1.54, 1.807) is 0 Å². The average Bonchev–Trinajstić information content (AvgIpc) is 3.57. The molecule has 9 N–H and O–H groups in total. The van der Waals surface area contributed by atoms with E-state index in [9.17, 15) is 46.0 Å². The third kappa shape index (κ3) is 7.32. The van der Waals surface area contributed by atoms with Crippen LogP contribution in [0.2, 0.25) is 0 Å². The summed E-state index contributed by atoms with van der Waals surface area (Å²) in [6.07, 6.45) is -6.51. The van der Waals surface area contributed by atoms with E-state index in [1.165, 1.54) is 5.57 Å². The van der Waals surface area contributed by atoms with Gasteiger partial charge in [0.05, 0.1) is 31.5 Å². The van der Waals surface area contributed by atoms with Crippen LogP contribution in [0.25, 0.3) is 0 Å². The standard InChI is InChI=1S/C40H68O13/c1-19(2)8-7-9-22(43)20-10-11-21-29(20)23(44)16-27-39(21,5)14-12-26-38(3,4)28(13-15-40(26,27)6)52-37-35(33(48)31(46)25(18-42)51-37)53-36-34(49)32(47)30(45)24(17-41)50-36/h8,20-37,41-49H,7,9-18H2,1-6H3/t20-,21?,22+,23-,24?,25?,26?,27?,28+,29-,30?,31?,32?,33?,34?,35?,36?,37?,39+,40+/m1/s1. The predicted molar refractivity (Wildman–Crippen MR) is 192 cm³/mol. The third-order valence-corrected chi connectivity index (χ3v) is 15.3. The van der Waals surface area contributed by atoms with Gasteiger partial charge in [-0.1, -0.05) is 39.3 Å². The van der Waals surface area contributed by atoms with Crippen molar-refractivity contribution in [2.45, 2.75) is 179 Å². The predicted octanol–water partition coefficient (Wildman–Crippen LogP) is 1.37. The topological polar surface area (TPSA) is 219 Å². The lowest BCUT2D eigenvalue weighted by Gasteiger charge is -2.68. The fourth-order valence-corrected chi connectivity index (χ4v) is 12.6. The Balaban J connectivity index is 1.20. The van der Waals surface area contributed by atoms with Gasteiger partial charge in [-0.15, -0.1) is 0 Å². The molecule has 6 aliphatic rings. The van der Waals surface area contributed by atoms with Gasteiger partial charge in [-0.25, -0.2) is 0 Å². The number of aliphatic hydroxyl groups excluding tert-OH is 9. The van der Waals surface area contributed by atoms with Crippen LogP contribution < -0.4 is 0 Å². The van der Waals surface area contributed by atoms with Crippen molar-refractivity contribution in [2.24, 2.45) is 45.8 Å². The Morgan fingerprint density at radius 1 is 0.736 bits per heavy atom. The van der Waals surface area contributed by atoms with Crippen molar-refractivity contribution < 1.29 is 64.9 Å². The van der Waals surface area contributed by atoms with Crippen LogP contribution in [0.5, 0.6) is 0 Å². The molecule has 4 saturated carbocycles. The van der Waals surface area contributed by atoms with E-state index in [0.717, 1.165) is 44.9 Å². The molecule has 0 bridgehead atoms. The van der Waals surface area contributed by atoms with Crippen molar-refractivity contribution in [3.8, 4) is 0 Å². The SMILES string of the molecule is CC(C)=CCC[C@H](O)[C@H]1CCC2[C@@H]1[C@H](O)CC1[C@@]2(C)CCC2C(C)(C)[C@@H](OC3OC(CO)C(O)C(O)C3OC3OC(CO)C(O)C(O)C3O)CC[C@@]21C. The molecule has 0 amide bonds. The van der Waals surface area contributed by atoms with Crippen LogP contribution in [0.3, 0.4) is 0 Å². The van der Waals surface area contributed by atoms with Gasteiger partial charge in [0.1, 0.15) is 48.8 Å². The fraction of sp³-hybridized carbons (Fsp3) is 0.950. The quantitative estimate of drug-likeness (QED) is 0.114. The number of allylic oxidation sites excluding steroid dienone is 2. The van der Waals surface area contributed by atoms with Gasteiger partial charge in [0.2, 0.25) is 0 Å². The zero-order chi connectivity index (χ0) is 38.8. The second-order valence-electron chi connectivity index (χ2n) is 18.8. The average molecular weight is 757 g/mol. The first-order valence-corrected chi connectivity index (χ1v) is 20.1. The van der Waals surface area contributed by atoms with E-state index in [1.807, 2.05) is 0 Å². The molecule has 0 aromatic rings. The maximum Gasteiger partial charge on any atom is 0.187 e. The van der Waals surface area contributed by atoms with Gasteiger partial charge in [0.15, 0.2) is 12.6 Å².